The van der Waals surface area contributed by atoms with Gasteiger partial charge in [0.2, 0.25) is 0 Å². The van der Waals surface area contributed by atoms with Crippen molar-refractivity contribution in [1.29, 1.82) is 0 Å². The monoisotopic (exact) mass is 563 g/mol. The van der Waals surface area contributed by atoms with Gasteiger partial charge in [0.05, 0.1) is 19.4 Å². The Hall–Kier alpha value is -3.16. The molecule has 2 heterocycles. The molecule has 2 unspecified atom stereocenters. The number of carbonyl (C=O) groups excluding carboxylic acids is 1. The standard InChI is InChI=1S/C28H32F3N3O6/c1-28(2,3)27(37)26(39-14-15-8-6-5-7-9-15)25-24(38-4)22(23(36)20(13-35)40-25)34-12-19(32-33-34)16-10-17(29)21(31)18(30)11-16/h5-12,20,22-26,35-36H,13-14H2,1-4H3/t20?,22-,23-,24?,25+,26-/m0/s1. The molecule has 9 nitrogen and oxygen atoms in total. The maximum absolute atomic E-state index is 13.9. The molecular formula is C28H32F3N3O6. The van der Waals surface area contributed by atoms with Gasteiger partial charge in [0, 0.05) is 18.1 Å². The number of halogens is 3. The number of carbonyl (C=O) groups is 1. The van der Waals surface area contributed by atoms with Crippen LogP contribution in [0.3, 0.4) is 0 Å². The molecule has 12 heteroatoms. The highest BCUT2D eigenvalue weighted by molar-refractivity contribution is 5.88. The van der Waals surface area contributed by atoms with Crippen molar-refractivity contribution in [3.63, 3.8) is 0 Å². The van der Waals surface area contributed by atoms with Crippen LogP contribution in [0.4, 0.5) is 13.2 Å². The third-order valence-corrected chi connectivity index (χ3v) is 6.84. The molecule has 3 aromatic rings. The first-order valence-electron chi connectivity index (χ1n) is 12.7. The second-order valence-corrected chi connectivity index (χ2v) is 10.7. The summed E-state index contributed by atoms with van der Waals surface area (Å²) < 4.78 is 60.3. The third-order valence-electron chi connectivity index (χ3n) is 6.84. The summed E-state index contributed by atoms with van der Waals surface area (Å²) in [7, 11) is 1.36. The number of nitrogens with zero attached hydrogens (tertiary/aromatic N) is 3. The fraction of sp³-hybridized carbons (Fsp3) is 0.464. The quantitative estimate of drug-likeness (QED) is 0.382. The summed E-state index contributed by atoms with van der Waals surface area (Å²) in [6.07, 6.45) is -4.56. The maximum atomic E-state index is 13.9. The first-order valence-corrected chi connectivity index (χ1v) is 12.7. The molecule has 6 atom stereocenters. The van der Waals surface area contributed by atoms with E-state index in [0.29, 0.717) is 0 Å². The Labute approximate surface area is 229 Å². The highest BCUT2D eigenvalue weighted by Gasteiger charge is 2.52. The van der Waals surface area contributed by atoms with Crippen LogP contribution >= 0.6 is 0 Å². The fourth-order valence-corrected chi connectivity index (χ4v) is 4.71. The van der Waals surface area contributed by atoms with Gasteiger partial charge in [0.15, 0.2) is 23.2 Å². The molecule has 216 valence electrons. The maximum Gasteiger partial charge on any atom is 0.194 e. The molecule has 0 saturated carbocycles. The van der Waals surface area contributed by atoms with Gasteiger partial charge in [-0.15, -0.1) is 5.10 Å². The molecule has 1 aliphatic heterocycles. The first-order chi connectivity index (χ1) is 19.0. The van der Waals surface area contributed by atoms with Crippen LogP contribution in [0.15, 0.2) is 48.7 Å². The lowest BCUT2D eigenvalue weighted by Crippen LogP contribution is -2.62. The van der Waals surface area contributed by atoms with Crippen molar-refractivity contribution < 1.29 is 42.4 Å². The van der Waals surface area contributed by atoms with Crippen molar-refractivity contribution >= 4 is 5.78 Å². The van der Waals surface area contributed by atoms with Crippen molar-refractivity contribution in [3.8, 4) is 11.3 Å². The highest BCUT2D eigenvalue weighted by Crippen LogP contribution is 2.36. The summed E-state index contributed by atoms with van der Waals surface area (Å²) in [5.41, 5.74) is -0.124. The van der Waals surface area contributed by atoms with E-state index in [1.165, 1.54) is 18.0 Å². The zero-order valence-corrected chi connectivity index (χ0v) is 22.5. The van der Waals surface area contributed by atoms with Gasteiger partial charge in [-0.05, 0) is 17.7 Å². The van der Waals surface area contributed by atoms with Crippen molar-refractivity contribution in [1.82, 2.24) is 15.0 Å². The summed E-state index contributed by atoms with van der Waals surface area (Å²) in [6, 6.07) is 9.70. The molecule has 0 amide bonds. The number of ether oxygens (including phenoxy) is 3. The average Bonchev–Trinajstić information content (AvgIpc) is 3.41. The van der Waals surface area contributed by atoms with E-state index >= 15 is 0 Å². The fourth-order valence-electron chi connectivity index (χ4n) is 4.71. The van der Waals surface area contributed by atoms with Gasteiger partial charge in [-0.2, -0.15) is 0 Å². The van der Waals surface area contributed by atoms with Gasteiger partial charge < -0.3 is 24.4 Å². The predicted octanol–water partition coefficient (Wildman–Crippen LogP) is 3.24. The van der Waals surface area contributed by atoms with Crippen LogP contribution in [0.25, 0.3) is 11.3 Å². The highest BCUT2D eigenvalue weighted by atomic mass is 19.2. The normalized spacial score (nSPS) is 24.2. The van der Waals surface area contributed by atoms with E-state index in [0.717, 1.165) is 17.7 Å². The number of aliphatic hydroxyl groups excluding tert-OH is 2. The molecule has 2 N–H and O–H groups in total. The van der Waals surface area contributed by atoms with E-state index in [1.54, 1.807) is 20.8 Å². The second-order valence-electron chi connectivity index (χ2n) is 10.7. The SMILES string of the molecule is COC1[C@H]([C@H](OCc2ccccc2)C(=O)C(C)(C)C)OC(CO)[C@H](O)[C@@H]1n1cc(-c2cc(F)c(F)c(F)c2)nn1. The largest absolute Gasteiger partial charge is 0.394 e. The summed E-state index contributed by atoms with van der Waals surface area (Å²) in [5, 5.41) is 29.1. The molecule has 0 radical (unpaired) electrons. The van der Waals surface area contributed by atoms with E-state index in [4.69, 9.17) is 14.2 Å². The minimum absolute atomic E-state index is 0.00825. The van der Waals surface area contributed by atoms with Crippen LogP contribution < -0.4 is 0 Å². The summed E-state index contributed by atoms with van der Waals surface area (Å²) >= 11 is 0. The summed E-state index contributed by atoms with van der Waals surface area (Å²) in [4.78, 5) is 13.6. The van der Waals surface area contributed by atoms with Crippen LogP contribution in [-0.4, -0.2) is 75.2 Å². The van der Waals surface area contributed by atoms with Crippen LogP contribution in [0.5, 0.6) is 0 Å². The number of aliphatic hydroxyl groups is 2. The van der Waals surface area contributed by atoms with Crippen LogP contribution in [0, 0.1) is 22.9 Å². The average molecular weight is 564 g/mol. The molecule has 0 bridgehead atoms. The number of hydrogen-bond acceptors (Lipinski definition) is 8. The predicted molar refractivity (Wildman–Crippen MR) is 136 cm³/mol. The van der Waals surface area contributed by atoms with E-state index in [9.17, 15) is 28.2 Å². The summed E-state index contributed by atoms with van der Waals surface area (Å²) in [5.74, 6) is -4.71. The molecule has 40 heavy (non-hydrogen) atoms. The molecular weight excluding hydrogens is 531 g/mol. The van der Waals surface area contributed by atoms with Crippen molar-refractivity contribution in [3.05, 3.63) is 71.7 Å². The van der Waals surface area contributed by atoms with E-state index in [2.05, 4.69) is 10.3 Å². The number of aromatic nitrogens is 3. The van der Waals surface area contributed by atoms with Crippen molar-refractivity contribution in [2.75, 3.05) is 13.7 Å². The number of benzene rings is 2. The Morgan fingerprint density at radius 2 is 1.80 bits per heavy atom. The zero-order valence-electron chi connectivity index (χ0n) is 22.5. The van der Waals surface area contributed by atoms with Crippen molar-refractivity contribution in [2.24, 2.45) is 5.41 Å². The Bertz CT molecular complexity index is 1290. The van der Waals surface area contributed by atoms with Gasteiger partial charge in [0.1, 0.15) is 42.3 Å². The third kappa shape index (κ3) is 6.11. The molecule has 1 aliphatic rings. The van der Waals surface area contributed by atoms with Gasteiger partial charge in [0.25, 0.3) is 0 Å². The molecule has 1 aromatic heterocycles. The zero-order chi connectivity index (χ0) is 29.2. The smallest absolute Gasteiger partial charge is 0.194 e. The molecule has 4 rings (SSSR count). The van der Waals surface area contributed by atoms with E-state index in [-0.39, 0.29) is 23.6 Å². The van der Waals surface area contributed by atoms with Crippen molar-refractivity contribution in [2.45, 2.75) is 63.9 Å². The number of rotatable bonds is 9. The lowest BCUT2D eigenvalue weighted by atomic mass is 9.81. The van der Waals surface area contributed by atoms with Gasteiger partial charge in [-0.25, -0.2) is 17.9 Å². The van der Waals surface area contributed by atoms with Gasteiger partial charge in [-0.3, -0.25) is 4.79 Å². The number of Topliss-reactive ketones (excluding diaryl/α,β-unsaturated/α-hetero) is 1. The van der Waals surface area contributed by atoms with E-state index in [1.807, 2.05) is 30.3 Å². The number of methoxy groups -OCH3 is 1. The molecule has 0 spiro atoms. The topological polar surface area (TPSA) is 116 Å². The minimum atomic E-state index is -1.62. The Balaban J connectivity index is 1.72. The minimum Gasteiger partial charge on any atom is -0.394 e. The lowest BCUT2D eigenvalue weighted by Gasteiger charge is -2.46. The Morgan fingerprint density at radius 3 is 2.38 bits per heavy atom. The van der Waals surface area contributed by atoms with Crippen LogP contribution in [-0.2, 0) is 25.6 Å². The van der Waals surface area contributed by atoms with E-state index < -0.39 is 66.0 Å². The number of hydrogen-bond donors (Lipinski definition) is 2. The Kier molecular flexibility index (Phi) is 9.06. The molecule has 1 fully saturated rings. The van der Waals surface area contributed by atoms with Crippen LogP contribution in [0.2, 0.25) is 0 Å². The molecule has 0 aliphatic carbocycles. The van der Waals surface area contributed by atoms with Crippen LogP contribution in [0.1, 0.15) is 32.4 Å². The molecule has 2 aromatic carbocycles. The first kappa shape index (κ1) is 29.8. The summed E-state index contributed by atoms with van der Waals surface area (Å²) in [6.45, 7) is 4.68. The number of ketones is 1. The van der Waals surface area contributed by atoms with Gasteiger partial charge >= 0.3 is 0 Å². The Morgan fingerprint density at radius 1 is 1.15 bits per heavy atom. The lowest BCUT2D eigenvalue weighted by molar-refractivity contribution is -0.241. The second kappa shape index (κ2) is 12.1. The van der Waals surface area contributed by atoms with Gasteiger partial charge in [-0.1, -0.05) is 56.3 Å². The molecule has 1 saturated heterocycles.